The van der Waals surface area contributed by atoms with Crippen LogP contribution in [0, 0.1) is 0 Å². The second-order valence-corrected chi connectivity index (χ2v) is 4.22. The Morgan fingerprint density at radius 3 is 2.80 bits per heavy atom. The third-order valence-electron chi connectivity index (χ3n) is 3.26. The quantitative estimate of drug-likeness (QED) is 0.812. The average molecular weight is 211 g/mol. The van der Waals surface area contributed by atoms with Crippen LogP contribution in [-0.2, 0) is 5.41 Å². The van der Waals surface area contributed by atoms with Crippen LogP contribution in [0.5, 0.6) is 5.75 Å². The lowest BCUT2D eigenvalue weighted by molar-refractivity contribution is -0.0498. The number of hydrogen-bond donors (Lipinski definition) is 1. The number of nitrogens with one attached hydrogen (secondary N) is 1. The predicted octanol–water partition coefficient (Wildman–Crippen LogP) is 2.75. The van der Waals surface area contributed by atoms with Crippen molar-refractivity contribution in [2.75, 3.05) is 11.9 Å². The van der Waals surface area contributed by atoms with E-state index in [1.54, 1.807) is 12.1 Å². The molecular weight excluding hydrogens is 200 g/mol. The number of halogens is 2. The van der Waals surface area contributed by atoms with Crippen LogP contribution < -0.4 is 10.1 Å². The van der Waals surface area contributed by atoms with Gasteiger partial charge in [0.1, 0.15) is 5.75 Å². The highest BCUT2D eigenvalue weighted by Gasteiger charge is 2.49. The first-order valence-electron chi connectivity index (χ1n) is 5.03. The number of ether oxygens (including phenoxy) is 1. The molecule has 1 N–H and O–H groups in total. The summed E-state index contributed by atoms with van der Waals surface area (Å²) in [5, 5.41) is 3.29. The van der Waals surface area contributed by atoms with Gasteiger partial charge in [-0.2, -0.15) is 8.78 Å². The van der Waals surface area contributed by atoms with Gasteiger partial charge >= 0.3 is 6.61 Å². The van der Waals surface area contributed by atoms with Crippen LogP contribution in [0.3, 0.4) is 0 Å². The Labute approximate surface area is 86.2 Å². The zero-order valence-electron chi connectivity index (χ0n) is 8.09. The number of fused-ring (bicyclic) bond motifs is 2. The van der Waals surface area contributed by atoms with Crippen molar-refractivity contribution in [3.63, 3.8) is 0 Å². The Kier molecular flexibility index (Phi) is 1.69. The highest BCUT2D eigenvalue weighted by Crippen LogP contribution is 2.54. The summed E-state index contributed by atoms with van der Waals surface area (Å²) in [7, 11) is 0. The third-order valence-corrected chi connectivity index (χ3v) is 3.26. The first kappa shape index (κ1) is 8.95. The van der Waals surface area contributed by atoms with Crippen molar-refractivity contribution >= 4 is 5.69 Å². The molecule has 3 rings (SSSR count). The molecular formula is C11H11F2NO. The van der Waals surface area contributed by atoms with Gasteiger partial charge in [-0.15, -0.1) is 0 Å². The molecule has 0 amide bonds. The molecule has 1 aromatic carbocycles. The Balaban J connectivity index is 1.95. The summed E-state index contributed by atoms with van der Waals surface area (Å²) in [6.07, 6.45) is 2.29. The molecule has 1 aromatic rings. The van der Waals surface area contributed by atoms with Gasteiger partial charge in [-0.05, 0) is 36.6 Å². The summed E-state index contributed by atoms with van der Waals surface area (Å²) in [5.41, 5.74) is 2.42. The third kappa shape index (κ3) is 1.35. The van der Waals surface area contributed by atoms with E-state index >= 15 is 0 Å². The van der Waals surface area contributed by atoms with Gasteiger partial charge in [-0.1, -0.05) is 0 Å². The Morgan fingerprint density at radius 1 is 1.33 bits per heavy atom. The second-order valence-electron chi connectivity index (χ2n) is 4.22. The lowest BCUT2D eigenvalue weighted by Crippen LogP contribution is -2.08. The second kappa shape index (κ2) is 2.84. The summed E-state index contributed by atoms with van der Waals surface area (Å²) >= 11 is 0. The topological polar surface area (TPSA) is 21.3 Å². The zero-order valence-corrected chi connectivity index (χ0v) is 8.09. The van der Waals surface area contributed by atoms with Crippen molar-refractivity contribution < 1.29 is 13.5 Å². The van der Waals surface area contributed by atoms with Crippen LogP contribution in [0.1, 0.15) is 18.4 Å². The zero-order chi connectivity index (χ0) is 10.5. The van der Waals surface area contributed by atoms with Crippen molar-refractivity contribution in [3.05, 3.63) is 23.8 Å². The maximum atomic E-state index is 12.0. The summed E-state index contributed by atoms with van der Waals surface area (Å²) < 4.78 is 28.5. The van der Waals surface area contributed by atoms with E-state index in [0.29, 0.717) is 0 Å². The summed E-state index contributed by atoms with van der Waals surface area (Å²) in [6.45, 7) is -1.81. The Hall–Kier alpha value is -1.32. The number of benzene rings is 1. The number of hydrogen-bond acceptors (Lipinski definition) is 2. The number of rotatable bonds is 2. The van der Waals surface area contributed by atoms with Crippen LogP contribution in [0.15, 0.2) is 18.2 Å². The molecule has 1 saturated carbocycles. The van der Waals surface area contributed by atoms with Crippen molar-refractivity contribution in [2.24, 2.45) is 0 Å². The van der Waals surface area contributed by atoms with Crippen LogP contribution in [0.2, 0.25) is 0 Å². The van der Waals surface area contributed by atoms with Gasteiger partial charge in [-0.3, -0.25) is 0 Å². The molecule has 80 valence electrons. The van der Waals surface area contributed by atoms with Crippen LogP contribution in [0.25, 0.3) is 0 Å². The van der Waals surface area contributed by atoms with Crippen molar-refractivity contribution in [2.45, 2.75) is 24.9 Å². The smallest absolute Gasteiger partial charge is 0.387 e. The SMILES string of the molecule is FC(F)Oc1ccc2c(c1)C1(CC1)CN2. The fourth-order valence-electron chi connectivity index (χ4n) is 2.25. The Morgan fingerprint density at radius 2 is 2.13 bits per heavy atom. The van der Waals surface area contributed by atoms with E-state index in [-0.39, 0.29) is 11.2 Å². The van der Waals surface area contributed by atoms with E-state index in [0.717, 1.165) is 30.6 Å². The van der Waals surface area contributed by atoms with Crippen molar-refractivity contribution in [1.82, 2.24) is 0 Å². The molecule has 15 heavy (non-hydrogen) atoms. The molecule has 0 aromatic heterocycles. The number of alkyl halides is 2. The molecule has 0 atom stereocenters. The van der Waals surface area contributed by atoms with Crippen molar-refractivity contribution in [1.29, 1.82) is 0 Å². The first-order valence-corrected chi connectivity index (χ1v) is 5.03. The molecule has 1 heterocycles. The first-order chi connectivity index (χ1) is 7.20. The highest BCUT2D eigenvalue weighted by atomic mass is 19.3. The van der Waals surface area contributed by atoms with E-state index in [9.17, 15) is 8.78 Å². The summed E-state index contributed by atoms with van der Waals surface area (Å²) in [6, 6.07) is 5.15. The van der Waals surface area contributed by atoms with Gasteiger partial charge in [0.2, 0.25) is 0 Å². The minimum atomic E-state index is -2.74. The van der Waals surface area contributed by atoms with Gasteiger partial charge in [-0.25, -0.2) is 0 Å². The van der Waals surface area contributed by atoms with Gasteiger partial charge in [0.25, 0.3) is 0 Å². The molecule has 1 aliphatic heterocycles. The van der Waals surface area contributed by atoms with E-state index in [1.807, 2.05) is 6.07 Å². The maximum Gasteiger partial charge on any atom is 0.387 e. The lowest BCUT2D eigenvalue weighted by Gasteiger charge is -2.09. The maximum absolute atomic E-state index is 12.0. The molecule has 2 nitrogen and oxygen atoms in total. The van der Waals surface area contributed by atoms with E-state index < -0.39 is 6.61 Å². The molecule has 0 bridgehead atoms. The van der Waals surface area contributed by atoms with E-state index in [1.165, 1.54) is 0 Å². The van der Waals surface area contributed by atoms with Crippen molar-refractivity contribution in [3.8, 4) is 5.75 Å². The van der Waals surface area contributed by atoms with E-state index in [4.69, 9.17) is 0 Å². The average Bonchev–Trinajstić information content (AvgIpc) is 2.87. The fraction of sp³-hybridized carbons (Fsp3) is 0.455. The lowest BCUT2D eigenvalue weighted by atomic mass is 9.98. The summed E-state index contributed by atoms with van der Waals surface area (Å²) in [4.78, 5) is 0. The molecule has 1 spiro atoms. The fourth-order valence-corrected chi connectivity index (χ4v) is 2.25. The van der Waals surface area contributed by atoms with Gasteiger partial charge in [0.15, 0.2) is 0 Å². The van der Waals surface area contributed by atoms with Crippen LogP contribution in [0.4, 0.5) is 14.5 Å². The summed E-state index contributed by atoms with van der Waals surface area (Å²) in [5.74, 6) is 0.263. The minimum Gasteiger partial charge on any atom is -0.435 e. The molecule has 0 saturated heterocycles. The van der Waals surface area contributed by atoms with Crippen LogP contribution in [-0.4, -0.2) is 13.2 Å². The van der Waals surface area contributed by atoms with Gasteiger partial charge < -0.3 is 10.1 Å². The van der Waals surface area contributed by atoms with E-state index in [2.05, 4.69) is 10.1 Å². The normalized spacial score (nSPS) is 20.2. The molecule has 4 heteroatoms. The van der Waals surface area contributed by atoms with Gasteiger partial charge in [0.05, 0.1) is 0 Å². The van der Waals surface area contributed by atoms with Gasteiger partial charge in [0, 0.05) is 17.6 Å². The predicted molar refractivity (Wildman–Crippen MR) is 52.5 cm³/mol. The highest BCUT2D eigenvalue weighted by molar-refractivity contribution is 5.64. The van der Waals surface area contributed by atoms with Crippen LogP contribution >= 0.6 is 0 Å². The molecule has 1 fully saturated rings. The molecule has 0 radical (unpaired) electrons. The standard InChI is InChI=1S/C11H11F2NO/c12-10(13)15-7-1-2-9-8(5-7)11(3-4-11)6-14-9/h1-2,5,10,14H,3-4,6H2. The largest absolute Gasteiger partial charge is 0.435 e. The molecule has 0 unspecified atom stereocenters. The minimum absolute atomic E-state index is 0.219. The molecule has 2 aliphatic rings. The Bertz CT molecular complexity index is 402. The number of anilines is 1. The monoisotopic (exact) mass is 211 g/mol. The molecule has 1 aliphatic carbocycles.